The number of para-hydroxylation sites is 1. The summed E-state index contributed by atoms with van der Waals surface area (Å²) < 4.78 is 11.7. The second-order valence-electron chi connectivity index (χ2n) is 7.04. The molecule has 3 aromatic rings. The number of aromatic nitrogens is 4. The van der Waals surface area contributed by atoms with Crippen molar-refractivity contribution in [3.05, 3.63) is 65.0 Å². The average Bonchev–Trinajstić information content (AvgIpc) is 3.44. The van der Waals surface area contributed by atoms with Crippen LogP contribution in [0.5, 0.6) is 11.5 Å². The van der Waals surface area contributed by atoms with E-state index in [4.69, 9.17) is 9.47 Å². The first-order valence-electron chi connectivity index (χ1n) is 9.53. The number of H-pyrrole nitrogens is 1. The molecule has 1 aliphatic carbocycles. The lowest BCUT2D eigenvalue weighted by molar-refractivity contribution is -0.111. The Kier molecular flexibility index (Phi) is 4.44. The summed E-state index contributed by atoms with van der Waals surface area (Å²) in [5, 5.41) is 16.5. The molecule has 2 aromatic carbocycles. The Morgan fingerprint density at radius 3 is 3.03 bits per heavy atom. The minimum Gasteiger partial charge on any atom is -0.485 e. The summed E-state index contributed by atoms with van der Waals surface area (Å²) in [5.41, 5.74) is 4.34. The van der Waals surface area contributed by atoms with Crippen molar-refractivity contribution >= 4 is 17.7 Å². The van der Waals surface area contributed by atoms with E-state index >= 15 is 0 Å². The van der Waals surface area contributed by atoms with Gasteiger partial charge in [0, 0.05) is 6.08 Å². The minimum atomic E-state index is -0.475. The van der Waals surface area contributed by atoms with Gasteiger partial charge in [-0.2, -0.15) is 0 Å². The van der Waals surface area contributed by atoms with Crippen LogP contribution in [0.4, 0.5) is 5.69 Å². The van der Waals surface area contributed by atoms with Crippen molar-refractivity contribution < 1.29 is 14.3 Å². The summed E-state index contributed by atoms with van der Waals surface area (Å²) >= 11 is 0. The highest BCUT2D eigenvalue weighted by molar-refractivity contribution is 6.03. The van der Waals surface area contributed by atoms with Crippen LogP contribution in [-0.4, -0.2) is 33.1 Å². The van der Waals surface area contributed by atoms with Gasteiger partial charge in [0.2, 0.25) is 5.91 Å². The quantitative estimate of drug-likeness (QED) is 0.666. The third-order valence-electron chi connectivity index (χ3n) is 5.10. The Morgan fingerprint density at radius 1 is 1.21 bits per heavy atom. The molecule has 1 atom stereocenters. The summed E-state index contributed by atoms with van der Waals surface area (Å²) in [6, 6.07) is 11.7. The van der Waals surface area contributed by atoms with Gasteiger partial charge in [-0.25, -0.2) is 5.10 Å². The fourth-order valence-corrected chi connectivity index (χ4v) is 3.67. The first kappa shape index (κ1) is 17.4. The van der Waals surface area contributed by atoms with Crippen molar-refractivity contribution in [3.8, 4) is 11.5 Å². The van der Waals surface area contributed by atoms with Crippen molar-refractivity contribution in [2.24, 2.45) is 0 Å². The molecule has 0 fully saturated rings. The van der Waals surface area contributed by atoms with Crippen LogP contribution in [-0.2, 0) is 17.6 Å². The van der Waals surface area contributed by atoms with E-state index in [-0.39, 0.29) is 12.5 Å². The van der Waals surface area contributed by atoms with Crippen molar-refractivity contribution in [2.45, 2.75) is 25.4 Å². The molecule has 2 N–H and O–H groups in total. The Bertz CT molecular complexity index is 1080. The molecular weight excluding hydrogens is 370 g/mol. The van der Waals surface area contributed by atoms with Gasteiger partial charge in [-0.1, -0.05) is 24.3 Å². The number of nitrogens with zero attached hydrogens (tertiary/aromatic N) is 3. The molecular formula is C21H19N5O3. The highest BCUT2D eigenvalue weighted by atomic mass is 16.6. The summed E-state index contributed by atoms with van der Waals surface area (Å²) in [6.45, 7) is 0.277. The van der Waals surface area contributed by atoms with Gasteiger partial charge in [0.05, 0.1) is 5.69 Å². The zero-order chi connectivity index (χ0) is 19.6. The molecule has 2 aliphatic rings. The molecule has 29 heavy (non-hydrogen) atoms. The number of carbonyl (C=O) groups is 1. The van der Waals surface area contributed by atoms with E-state index in [1.807, 2.05) is 12.1 Å². The molecule has 0 spiro atoms. The number of anilines is 1. The number of aryl methyl sites for hydroxylation is 2. The number of amides is 1. The maximum atomic E-state index is 12.5. The minimum absolute atomic E-state index is 0.244. The van der Waals surface area contributed by atoms with Crippen molar-refractivity contribution in [2.75, 3.05) is 11.9 Å². The molecule has 2 heterocycles. The normalized spacial score (nSPS) is 17.3. The standard InChI is InChI=1S/C21H19N5O3/c27-19(10-8-13-7-9-14-3-1-4-15(14)11-13)22-16-5-2-6-17-20(16)29-18(12-28-17)21-23-25-26-24-21/h2,5-11,18H,1,3-4,12H2,(H,22,27)(H,23,24,25,26). The van der Waals surface area contributed by atoms with Gasteiger partial charge in [0.15, 0.2) is 23.4 Å². The van der Waals surface area contributed by atoms with Crippen LogP contribution in [0.3, 0.4) is 0 Å². The van der Waals surface area contributed by atoms with Gasteiger partial charge in [0.25, 0.3) is 0 Å². The van der Waals surface area contributed by atoms with Gasteiger partial charge in [-0.15, -0.1) is 5.10 Å². The predicted molar refractivity (Wildman–Crippen MR) is 106 cm³/mol. The topological polar surface area (TPSA) is 102 Å². The average molecular weight is 389 g/mol. The van der Waals surface area contributed by atoms with E-state index in [1.54, 1.807) is 18.2 Å². The molecule has 0 saturated carbocycles. The SMILES string of the molecule is O=C(C=Cc1ccc2c(c1)CCC2)Nc1cccc2c1OC(c1nnn[nH]1)CO2. The highest BCUT2D eigenvalue weighted by Crippen LogP contribution is 2.41. The first-order valence-corrected chi connectivity index (χ1v) is 9.53. The van der Waals surface area contributed by atoms with Gasteiger partial charge in [-0.3, -0.25) is 4.79 Å². The number of benzene rings is 2. The van der Waals surface area contributed by atoms with Crippen LogP contribution in [0.2, 0.25) is 0 Å². The number of aromatic amines is 1. The lowest BCUT2D eigenvalue weighted by Crippen LogP contribution is -2.24. The van der Waals surface area contributed by atoms with Crippen molar-refractivity contribution in [1.29, 1.82) is 0 Å². The van der Waals surface area contributed by atoms with Crippen LogP contribution in [0.1, 0.15) is 35.0 Å². The van der Waals surface area contributed by atoms with Gasteiger partial charge < -0.3 is 14.8 Å². The fraction of sp³-hybridized carbons (Fsp3) is 0.238. The maximum Gasteiger partial charge on any atom is 0.248 e. The van der Waals surface area contributed by atoms with Gasteiger partial charge in [0.1, 0.15) is 6.61 Å². The number of nitrogens with one attached hydrogen (secondary N) is 2. The first-order chi connectivity index (χ1) is 14.3. The van der Waals surface area contributed by atoms with E-state index < -0.39 is 6.10 Å². The van der Waals surface area contributed by atoms with E-state index in [0.29, 0.717) is 23.0 Å². The Morgan fingerprint density at radius 2 is 2.14 bits per heavy atom. The van der Waals surface area contributed by atoms with Gasteiger partial charge >= 0.3 is 0 Å². The lowest BCUT2D eigenvalue weighted by atomic mass is 10.1. The molecule has 0 saturated heterocycles. The Hall–Kier alpha value is -3.68. The number of hydrogen-bond acceptors (Lipinski definition) is 6. The number of ether oxygens (including phenoxy) is 2. The van der Waals surface area contributed by atoms with E-state index in [1.165, 1.54) is 23.6 Å². The molecule has 1 unspecified atom stereocenters. The second-order valence-corrected chi connectivity index (χ2v) is 7.04. The summed E-state index contributed by atoms with van der Waals surface area (Å²) in [5.74, 6) is 1.24. The highest BCUT2D eigenvalue weighted by Gasteiger charge is 2.27. The van der Waals surface area contributed by atoms with Crippen LogP contribution >= 0.6 is 0 Å². The zero-order valence-electron chi connectivity index (χ0n) is 15.6. The van der Waals surface area contributed by atoms with Crippen LogP contribution in [0.15, 0.2) is 42.5 Å². The third kappa shape index (κ3) is 3.56. The number of hydrogen-bond donors (Lipinski definition) is 2. The lowest BCUT2D eigenvalue weighted by Gasteiger charge is -2.26. The largest absolute Gasteiger partial charge is 0.485 e. The monoisotopic (exact) mass is 389 g/mol. The van der Waals surface area contributed by atoms with E-state index in [9.17, 15) is 4.79 Å². The van der Waals surface area contributed by atoms with E-state index in [0.717, 1.165) is 18.4 Å². The molecule has 0 bridgehead atoms. The predicted octanol–water partition coefficient (Wildman–Crippen LogP) is 2.85. The fourth-order valence-electron chi connectivity index (χ4n) is 3.67. The third-order valence-corrected chi connectivity index (χ3v) is 5.10. The van der Waals surface area contributed by atoms with Crippen molar-refractivity contribution in [1.82, 2.24) is 20.6 Å². The number of rotatable bonds is 4. The molecule has 1 aromatic heterocycles. The number of carbonyl (C=O) groups excluding carboxylic acids is 1. The second kappa shape index (κ2) is 7.38. The molecule has 1 amide bonds. The Balaban J connectivity index is 1.31. The summed E-state index contributed by atoms with van der Waals surface area (Å²) in [7, 11) is 0. The van der Waals surface area contributed by atoms with Crippen LogP contribution in [0, 0.1) is 0 Å². The Labute approximate surface area is 166 Å². The van der Waals surface area contributed by atoms with Crippen LogP contribution in [0.25, 0.3) is 6.08 Å². The van der Waals surface area contributed by atoms with Gasteiger partial charge in [-0.05, 0) is 64.6 Å². The number of fused-ring (bicyclic) bond motifs is 2. The molecule has 146 valence electrons. The van der Waals surface area contributed by atoms with Crippen molar-refractivity contribution in [3.63, 3.8) is 0 Å². The molecule has 0 radical (unpaired) electrons. The maximum absolute atomic E-state index is 12.5. The van der Waals surface area contributed by atoms with Crippen LogP contribution < -0.4 is 14.8 Å². The summed E-state index contributed by atoms with van der Waals surface area (Å²) in [4.78, 5) is 12.5. The van der Waals surface area contributed by atoms with E-state index in [2.05, 4.69) is 38.1 Å². The molecule has 8 heteroatoms. The molecule has 5 rings (SSSR count). The smallest absolute Gasteiger partial charge is 0.248 e. The molecule has 8 nitrogen and oxygen atoms in total. The summed E-state index contributed by atoms with van der Waals surface area (Å²) in [6.07, 6.45) is 6.33. The number of tetrazole rings is 1. The molecule has 1 aliphatic heterocycles. The zero-order valence-corrected chi connectivity index (χ0v) is 15.6.